The normalized spacial score (nSPS) is 18.5. The Labute approximate surface area is 129 Å². The van der Waals surface area contributed by atoms with Gasteiger partial charge in [-0.1, -0.05) is 5.16 Å². The Kier molecular flexibility index (Phi) is 5.17. The van der Waals surface area contributed by atoms with Crippen LogP contribution in [0.25, 0.3) is 11.4 Å². The van der Waals surface area contributed by atoms with Crippen molar-refractivity contribution in [3.05, 3.63) is 30.2 Å². The Hall–Kier alpha value is -1.63. The lowest BCUT2D eigenvalue weighted by Gasteiger charge is -2.10. The van der Waals surface area contributed by atoms with Crippen LogP contribution >= 0.6 is 12.4 Å². The van der Waals surface area contributed by atoms with Crippen molar-refractivity contribution < 1.29 is 9.26 Å². The van der Waals surface area contributed by atoms with E-state index in [1.54, 1.807) is 7.11 Å². The molecule has 7 heteroatoms. The van der Waals surface area contributed by atoms with E-state index in [2.05, 4.69) is 15.0 Å². The number of aromatic nitrogens is 2. The molecule has 21 heavy (non-hydrogen) atoms. The first-order valence-electron chi connectivity index (χ1n) is 6.69. The maximum Gasteiger partial charge on any atom is 0.241 e. The molecule has 1 atom stereocenters. The highest BCUT2D eigenvalue weighted by Crippen LogP contribution is 2.20. The van der Waals surface area contributed by atoms with Gasteiger partial charge in [0.2, 0.25) is 11.7 Å². The molecule has 0 bridgehead atoms. The predicted molar refractivity (Wildman–Crippen MR) is 81.4 cm³/mol. The minimum atomic E-state index is 0. The molecule has 1 aromatic heterocycles. The number of nitrogens with zero attached hydrogens (tertiary/aromatic N) is 3. The lowest BCUT2D eigenvalue weighted by molar-refractivity contribution is 0.265. The van der Waals surface area contributed by atoms with Crippen LogP contribution in [-0.4, -0.2) is 41.3 Å². The summed E-state index contributed by atoms with van der Waals surface area (Å²) in [4.78, 5) is 6.66. The lowest BCUT2D eigenvalue weighted by Crippen LogP contribution is -2.26. The van der Waals surface area contributed by atoms with Gasteiger partial charge < -0.3 is 15.0 Å². The third kappa shape index (κ3) is 3.72. The number of likely N-dealkylation sites (tertiary alicyclic amines) is 1. The molecule has 0 radical (unpaired) electrons. The second kappa shape index (κ2) is 6.89. The van der Waals surface area contributed by atoms with Gasteiger partial charge in [-0.2, -0.15) is 4.98 Å². The van der Waals surface area contributed by atoms with Crippen LogP contribution in [0.3, 0.4) is 0 Å². The van der Waals surface area contributed by atoms with E-state index < -0.39 is 0 Å². The zero-order chi connectivity index (χ0) is 13.9. The minimum absolute atomic E-state index is 0. The Morgan fingerprint density at radius 2 is 2.14 bits per heavy atom. The van der Waals surface area contributed by atoms with Crippen molar-refractivity contribution in [2.24, 2.45) is 5.73 Å². The van der Waals surface area contributed by atoms with Crippen molar-refractivity contribution in [2.75, 3.05) is 20.2 Å². The fraction of sp³-hybridized carbons (Fsp3) is 0.429. The molecular weight excluding hydrogens is 292 g/mol. The second-order valence-corrected chi connectivity index (χ2v) is 5.02. The molecule has 0 amide bonds. The highest BCUT2D eigenvalue weighted by Gasteiger charge is 2.21. The topological polar surface area (TPSA) is 77.4 Å². The van der Waals surface area contributed by atoms with E-state index in [4.69, 9.17) is 15.0 Å². The lowest BCUT2D eigenvalue weighted by atomic mass is 10.2. The van der Waals surface area contributed by atoms with Gasteiger partial charge in [0.1, 0.15) is 5.75 Å². The molecular formula is C14H19ClN4O2. The number of nitrogens with two attached hydrogens (primary N) is 1. The van der Waals surface area contributed by atoms with Crippen LogP contribution in [-0.2, 0) is 6.54 Å². The van der Waals surface area contributed by atoms with Crippen LogP contribution in [0.4, 0.5) is 0 Å². The maximum absolute atomic E-state index is 5.88. The van der Waals surface area contributed by atoms with Gasteiger partial charge in [-0.3, -0.25) is 4.90 Å². The molecule has 2 aromatic rings. The molecule has 1 aromatic carbocycles. The van der Waals surface area contributed by atoms with Gasteiger partial charge in [0.15, 0.2) is 0 Å². The first-order valence-corrected chi connectivity index (χ1v) is 6.69. The first kappa shape index (κ1) is 15.8. The van der Waals surface area contributed by atoms with Crippen molar-refractivity contribution >= 4 is 12.4 Å². The van der Waals surface area contributed by atoms with Crippen molar-refractivity contribution in [1.82, 2.24) is 15.0 Å². The zero-order valence-corrected chi connectivity index (χ0v) is 12.7. The predicted octanol–water partition coefficient (Wildman–Crippen LogP) is 1.70. The SMILES string of the molecule is COc1ccc(-c2noc(CN3CC[C@H](N)C3)n2)cc1.Cl. The smallest absolute Gasteiger partial charge is 0.241 e. The van der Waals surface area contributed by atoms with E-state index in [1.807, 2.05) is 24.3 Å². The quantitative estimate of drug-likeness (QED) is 0.926. The molecule has 2 N–H and O–H groups in total. The number of rotatable bonds is 4. The number of ether oxygens (including phenoxy) is 1. The van der Waals surface area contributed by atoms with Crippen molar-refractivity contribution in [1.29, 1.82) is 0 Å². The van der Waals surface area contributed by atoms with Gasteiger partial charge in [-0.15, -0.1) is 12.4 Å². The third-order valence-electron chi connectivity index (χ3n) is 3.48. The monoisotopic (exact) mass is 310 g/mol. The molecule has 0 spiro atoms. The Morgan fingerprint density at radius 3 is 2.76 bits per heavy atom. The van der Waals surface area contributed by atoms with Gasteiger partial charge in [0, 0.05) is 24.7 Å². The van der Waals surface area contributed by atoms with Crippen LogP contribution in [0.5, 0.6) is 5.75 Å². The largest absolute Gasteiger partial charge is 0.497 e. The summed E-state index contributed by atoms with van der Waals surface area (Å²) in [5, 5.41) is 4.02. The minimum Gasteiger partial charge on any atom is -0.497 e. The second-order valence-electron chi connectivity index (χ2n) is 5.02. The van der Waals surface area contributed by atoms with Crippen LogP contribution in [0, 0.1) is 0 Å². The highest BCUT2D eigenvalue weighted by molar-refractivity contribution is 5.85. The number of hydrogen-bond acceptors (Lipinski definition) is 6. The molecule has 2 heterocycles. The molecule has 1 aliphatic heterocycles. The number of benzene rings is 1. The first-order chi connectivity index (χ1) is 9.74. The number of methoxy groups -OCH3 is 1. The number of halogens is 1. The van der Waals surface area contributed by atoms with Crippen LogP contribution in [0.15, 0.2) is 28.8 Å². The van der Waals surface area contributed by atoms with Crippen molar-refractivity contribution in [3.8, 4) is 17.1 Å². The van der Waals surface area contributed by atoms with E-state index in [9.17, 15) is 0 Å². The summed E-state index contributed by atoms with van der Waals surface area (Å²) in [5.74, 6) is 2.04. The van der Waals surface area contributed by atoms with Gasteiger partial charge >= 0.3 is 0 Å². The Morgan fingerprint density at radius 1 is 1.38 bits per heavy atom. The zero-order valence-electron chi connectivity index (χ0n) is 11.9. The summed E-state index contributed by atoms with van der Waals surface area (Å²) in [6.07, 6.45) is 1.03. The van der Waals surface area contributed by atoms with Crippen LogP contribution in [0.1, 0.15) is 12.3 Å². The molecule has 6 nitrogen and oxygen atoms in total. The Bertz CT molecular complexity index is 573. The molecule has 0 aliphatic carbocycles. The molecule has 0 unspecified atom stereocenters. The van der Waals surface area contributed by atoms with Crippen LogP contribution < -0.4 is 10.5 Å². The fourth-order valence-electron chi connectivity index (χ4n) is 2.37. The van der Waals surface area contributed by atoms with E-state index in [1.165, 1.54) is 0 Å². The fourth-order valence-corrected chi connectivity index (χ4v) is 2.37. The van der Waals surface area contributed by atoms with Crippen LogP contribution in [0.2, 0.25) is 0 Å². The van der Waals surface area contributed by atoms with Gasteiger partial charge in [-0.05, 0) is 30.7 Å². The standard InChI is InChI=1S/C14H18N4O2.ClH/c1-19-12-4-2-10(3-5-12)14-16-13(20-17-14)9-18-7-6-11(15)8-18;/h2-5,11H,6-9,15H2,1H3;1H/t11-;/m0./s1. The summed E-state index contributed by atoms with van der Waals surface area (Å²) in [5.41, 5.74) is 6.80. The average Bonchev–Trinajstić information content (AvgIpc) is 3.09. The molecule has 1 fully saturated rings. The number of hydrogen-bond donors (Lipinski definition) is 1. The molecule has 114 valence electrons. The summed E-state index contributed by atoms with van der Waals surface area (Å²) >= 11 is 0. The summed E-state index contributed by atoms with van der Waals surface area (Å²) in [6, 6.07) is 7.85. The van der Waals surface area contributed by atoms with E-state index >= 15 is 0 Å². The summed E-state index contributed by atoms with van der Waals surface area (Å²) < 4.78 is 10.4. The summed E-state index contributed by atoms with van der Waals surface area (Å²) in [7, 11) is 1.64. The third-order valence-corrected chi connectivity index (χ3v) is 3.48. The maximum atomic E-state index is 5.88. The van der Waals surface area contributed by atoms with E-state index in [0.29, 0.717) is 18.3 Å². The molecule has 3 rings (SSSR count). The molecule has 0 saturated carbocycles. The van der Waals surface area contributed by atoms with Gasteiger partial charge in [0.05, 0.1) is 13.7 Å². The molecule has 1 aliphatic rings. The van der Waals surface area contributed by atoms with Gasteiger partial charge in [-0.25, -0.2) is 0 Å². The summed E-state index contributed by atoms with van der Waals surface area (Å²) in [6.45, 7) is 2.54. The highest BCUT2D eigenvalue weighted by atomic mass is 35.5. The Balaban J connectivity index is 0.00000161. The van der Waals surface area contributed by atoms with E-state index in [-0.39, 0.29) is 18.4 Å². The van der Waals surface area contributed by atoms with Crippen molar-refractivity contribution in [3.63, 3.8) is 0 Å². The molecule has 1 saturated heterocycles. The van der Waals surface area contributed by atoms with E-state index in [0.717, 1.165) is 30.8 Å². The van der Waals surface area contributed by atoms with Crippen molar-refractivity contribution in [2.45, 2.75) is 19.0 Å². The van der Waals surface area contributed by atoms with Gasteiger partial charge in [0.25, 0.3) is 0 Å². The average molecular weight is 311 g/mol.